The quantitative estimate of drug-likeness (QED) is 0.502. The molecule has 0 aromatic heterocycles. The largest absolute Gasteiger partial charge is 0.482 e. The zero-order chi connectivity index (χ0) is 14.6. The van der Waals surface area contributed by atoms with Gasteiger partial charge in [-0.25, -0.2) is 4.79 Å². The number of hydrogen-bond donors (Lipinski definition) is 1. The predicted molar refractivity (Wildman–Crippen MR) is 69.5 cm³/mol. The van der Waals surface area contributed by atoms with E-state index in [1.807, 2.05) is 0 Å². The van der Waals surface area contributed by atoms with E-state index in [0.717, 1.165) is 11.6 Å². The first kappa shape index (κ1) is 14.7. The van der Waals surface area contributed by atoms with Gasteiger partial charge in [0.2, 0.25) is 0 Å². The van der Waals surface area contributed by atoms with Crippen molar-refractivity contribution < 1.29 is 19.6 Å². The van der Waals surface area contributed by atoms with E-state index >= 15 is 0 Å². The highest BCUT2D eigenvalue weighted by Crippen LogP contribution is 2.32. The van der Waals surface area contributed by atoms with E-state index in [1.165, 1.54) is 6.07 Å². The average molecular weight is 265 g/mol. The van der Waals surface area contributed by atoms with Crippen molar-refractivity contribution in [2.45, 2.75) is 20.8 Å². The first-order chi connectivity index (χ1) is 8.81. The molecular weight excluding hydrogens is 250 g/mol. The summed E-state index contributed by atoms with van der Waals surface area (Å²) in [6.07, 6.45) is 1.01. The highest BCUT2D eigenvalue weighted by molar-refractivity contribution is 5.80. The van der Waals surface area contributed by atoms with Crippen molar-refractivity contribution in [3.05, 3.63) is 45.0 Å². The summed E-state index contributed by atoms with van der Waals surface area (Å²) in [7, 11) is 0. The van der Waals surface area contributed by atoms with Crippen LogP contribution in [0.3, 0.4) is 0 Å². The second-order valence-electron chi connectivity index (χ2n) is 4.30. The molecule has 0 atom stereocenters. The molecule has 6 nitrogen and oxygen atoms in total. The van der Waals surface area contributed by atoms with Crippen LogP contribution in [0.1, 0.15) is 18.1 Å². The van der Waals surface area contributed by atoms with Crippen LogP contribution >= 0.6 is 0 Å². The van der Waals surface area contributed by atoms with Gasteiger partial charge in [-0.15, -0.1) is 0 Å². The Kier molecular flexibility index (Phi) is 4.63. The highest BCUT2D eigenvalue weighted by atomic mass is 16.6. The van der Waals surface area contributed by atoms with Gasteiger partial charge in [-0.2, -0.15) is 0 Å². The van der Waals surface area contributed by atoms with Gasteiger partial charge in [-0.05, 0) is 37.5 Å². The van der Waals surface area contributed by atoms with Crippen LogP contribution in [-0.2, 0) is 4.79 Å². The maximum Gasteiger partial charge on any atom is 0.328 e. The summed E-state index contributed by atoms with van der Waals surface area (Å²) >= 11 is 0. The lowest BCUT2D eigenvalue weighted by Crippen LogP contribution is -2.05. The van der Waals surface area contributed by atoms with Crippen LogP contribution in [0.25, 0.3) is 0 Å². The molecule has 1 aromatic carbocycles. The number of carboxylic acids is 1. The molecule has 0 fully saturated rings. The van der Waals surface area contributed by atoms with E-state index in [-0.39, 0.29) is 18.0 Å². The van der Waals surface area contributed by atoms with Gasteiger partial charge in [0.15, 0.2) is 5.75 Å². The maximum absolute atomic E-state index is 11.0. The molecule has 0 saturated carbocycles. The number of hydrogen-bond acceptors (Lipinski definition) is 4. The smallest absolute Gasteiger partial charge is 0.328 e. The zero-order valence-electron chi connectivity index (χ0n) is 11.0. The highest BCUT2D eigenvalue weighted by Gasteiger charge is 2.18. The summed E-state index contributed by atoms with van der Waals surface area (Å²) in [4.78, 5) is 20.9. The molecule has 1 aromatic rings. The fourth-order valence-electron chi connectivity index (χ4n) is 1.69. The van der Waals surface area contributed by atoms with Crippen molar-refractivity contribution in [2.75, 3.05) is 6.61 Å². The average Bonchev–Trinajstić information content (AvgIpc) is 2.25. The van der Waals surface area contributed by atoms with Crippen LogP contribution in [0.2, 0.25) is 0 Å². The van der Waals surface area contributed by atoms with Crippen molar-refractivity contribution in [3.63, 3.8) is 0 Å². The number of ether oxygens (including phenoxy) is 1. The zero-order valence-corrected chi connectivity index (χ0v) is 11.0. The number of nitro benzene ring substituents is 1. The molecule has 0 aliphatic heterocycles. The summed E-state index contributed by atoms with van der Waals surface area (Å²) in [5.41, 5.74) is 1.78. The fraction of sp³-hybridized carbons (Fsp3) is 0.308. The Morgan fingerprint density at radius 3 is 2.63 bits per heavy atom. The lowest BCUT2D eigenvalue weighted by atomic mass is 10.1. The molecule has 0 unspecified atom stereocenters. The summed E-state index contributed by atoms with van der Waals surface area (Å²) < 4.78 is 5.37. The number of rotatable bonds is 5. The minimum absolute atomic E-state index is 0.00294. The molecule has 0 aliphatic carbocycles. The minimum atomic E-state index is -1.07. The van der Waals surface area contributed by atoms with Crippen LogP contribution in [0.5, 0.6) is 5.75 Å². The molecule has 6 heteroatoms. The standard InChI is InChI=1S/C13H15NO5/c1-8-4-10(3)13(11(5-8)14(17)18)19-7-9(2)6-12(15)16/h4-6H,7H2,1-3H3,(H,15,16). The van der Waals surface area contributed by atoms with E-state index < -0.39 is 10.9 Å². The minimum Gasteiger partial charge on any atom is -0.482 e. The van der Waals surface area contributed by atoms with E-state index in [0.29, 0.717) is 11.1 Å². The fourth-order valence-corrected chi connectivity index (χ4v) is 1.69. The first-order valence-electron chi connectivity index (χ1n) is 5.59. The molecule has 0 aliphatic rings. The van der Waals surface area contributed by atoms with Crippen molar-refractivity contribution in [1.82, 2.24) is 0 Å². The molecule has 19 heavy (non-hydrogen) atoms. The van der Waals surface area contributed by atoms with E-state index in [9.17, 15) is 14.9 Å². The number of aliphatic carboxylic acids is 1. The number of carbonyl (C=O) groups is 1. The van der Waals surface area contributed by atoms with Crippen molar-refractivity contribution in [1.29, 1.82) is 0 Å². The lowest BCUT2D eigenvalue weighted by molar-refractivity contribution is -0.385. The van der Waals surface area contributed by atoms with Crippen LogP contribution < -0.4 is 4.74 Å². The maximum atomic E-state index is 11.0. The van der Waals surface area contributed by atoms with Gasteiger partial charge in [-0.1, -0.05) is 6.07 Å². The van der Waals surface area contributed by atoms with Crippen LogP contribution in [-0.4, -0.2) is 22.6 Å². The van der Waals surface area contributed by atoms with Gasteiger partial charge in [0.05, 0.1) is 4.92 Å². The van der Waals surface area contributed by atoms with Crippen LogP contribution in [0.15, 0.2) is 23.8 Å². The number of carboxylic acid groups (broad SMARTS) is 1. The summed E-state index contributed by atoms with van der Waals surface area (Å²) in [6, 6.07) is 3.21. The van der Waals surface area contributed by atoms with Crippen LogP contribution in [0, 0.1) is 24.0 Å². The molecule has 0 heterocycles. The molecule has 0 radical (unpaired) electrons. The third kappa shape index (κ3) is 4.09. The third-order valence-corrected chi connectivity index (χ3v) is 2.41. The number of nitrogens with zero attached hydrogens (tertiary/aromatic N) is 1. The molecule has 1 N–H and O–H groups in total. The molecule has 0 bridgehead atoms. The number of aryl methyl sites for hydroxylation is 2. The van der Waals surface area contributed by atoms with Crippen LogP contribution in [0.4, 0.5) is 5.69 Å². The molecule has 102 valence electrons. The van der Waals surface area contributed by atoms with Gasteiger partial charge >= 0.3 is 11.7 Å². The Morgan fingerprint density at radius 2 is 2.11 bits per heavy atom. The summed E-state index contributed by atoms with van der Waals surface area (Å²) in [5.74, 6) is -0.898. The molecule has 0 saturated heterocycles. The second-order valence-corrected chi connectivity index (χ2v) is 4.30. The van der Waals surface area contributed by atoms with E-state index in [2.05, 4.69) is 0 Å². The van der Waals surface area contributed by atoms with Gasteiger partial charge in [0, 0.05) is 12.1 Å². The van der Waals surface area contributed by atoms with Gasteiger partial charge in [0.25, 0.3) is 0 Å². The first-order valence-corrected chi connectivity index (χ1v) is 5.59. The molecular formula is C13H15NO5. The normalized spacial score (nSPS) is 11.2. The van der Waals surface area contributed by atoms with E-state index in [4.69, 9.17) is 9.84 Å². The van der Waals surface area contributed by atoms with Gasteiger partial charge in [0.1, 0.15) is 6.61 Å². The summed E-state index contributed by atoms with van der Waals surface area (Å²) in [5, 5.41) is 19.5. The molecule has 0 amide bonds. The molecule has 1 rings (SSSR count). The monoisotopic (exact) mass is 265 g/mol. The Hall–Kier alpha value is -2.37. The second kappa shape index (κ2) is 5.99. The number of nitro groups is 1. The summed E-state index contributed by atoms with van der Waals surface area (Å²) in [6.45, 7) is 5.06. The molecule has 0 spiro atoms. The van der Waals surface area contributed by atoms with Gasteiger partial charge in [-0.3, -0.25) is 10.1 Å². The Bertz CT molecular complexity index is 548. The Balaban J connectivity index is 3.01. The Labute approximate surface area is 110 Å². The number of benzene rings is 1. The predicted octanol–water partition coefficient (Wildman–Crippen LogP) is 2.62. The lowest BCUT2D eigenvalue weighted by Gasteiger charge is -2.10. The van der Waals surface area contributed by atoms with Crippen molar-refractivity contribution in [2.24, 2.45) is 0 Å². The van der Waals surface area contributed by atoms with E-state index in [1.54, 1.807) is 26.8 Å². The SMILES string of the molecule is CC(=CC(=O)O)COc1c(C)cc(C)cc1[N+](=O)[O-]. The third-order valence-electron chi connectivity index (χ3n) is 2.41. The topological polar surface area (TPSA) is 89.7 Å². The van der Waals surface area contributed by atoms with Crippen molar-refractivity contribution >= 4 is 11.7 Å². The van der Waals surface area contributed by atoms with Crippen molar-refractivity contribution in [3.8, 4) is 5.75 Å². The Morgan fingerprint density at radius 1 is 1.47 bits per heavy atom. The van der Waals surface area contributed by atoms with Gasteiger partial charge < -0.3 is 9.84 Å².